The molecule has 0 bridgehead atoms. The van der Waals surface area contributed by atoms with Gasteiger partial charge in [-0.05, 0) is 63.9 Å². The number of rotatable bonds is 14. The SMILES string of the molecule is CNc1ncc2cc(-c3cc(NC(=O)NCCOCCOCCOCC(=O)OC(C)(C)C)c(F)cc3C)c(C)nc2n1. The zero-order valence-corrected chi connectivity index (χ0v) is 24.9. The van der Waals surface area contributed by atoms with E-state index >= 15 is 0 Å². The second-order valence-electron chi connectivity index (χ2n) is 10.4. The quantitative estimate of drug-likeness (QED) is 0.187. The fourth-order valence-corrected chi connectivity index (χ4v) is 3.87. The third-order valence-corrected chi connectivity index (χ3v) is 5.75. The number of carbonyl (C=O) groups excluding carboxylic acids is 2. The molecule has 3 N–H and O–H groups in total. The summed E-state index contributed by atoms with van der Waals surface area (Å²) < 4.78 is 35.9. The third kappa shape index (κ3) is 10.2. The second-order valence-corrected chi connectivity index (χ2v) is 10.4. The number of fused-ring (bicyclic) bond motifs is 1. The van der Waals surface area contributed by atoms with Crippen molar-refractivity contribution in [2.75, 3.05) is 63.9 Å². The summed E-state index contributed by atoms with van der Waals surface area (Å²) in [4.78, 5) is 37.2. The molecule has 0 fully saturated rings. The number of carbonyl (C=O) groups is 2. The average molecular weight is 587 g/mol. The largest absolute Gasteiger partial charge is 0.458 e. The van der Waals surface area contributed by atoms with Crippen molar-refractivity contribution in [1.29, 1.82) is 0 Å². The Morgan fingerprint density at radius 2 is 1.62 bits per heavy atom. The lowest BCUT2D eigenvalue weighted by Gasteiger charge is -2.19. The minimum atomic E-state index is -0.563. The Kier molecular flexibility index (Phi) is 11.9. The Balaban J connectivity index is 1.40. The minimum absolute atomic E-state index is 0.0394. The Bertz CT molecular complexity index is 1380. The van der Waals surface area contributed by atoms with Crippen LogP contribution in [-0.2, 0) is 23.7 Å². The summed E-state index contributed by atoms with van der Waals surface area (Å²) in [7, 11) is 1.73. The first-order valence-electron chi connectivity index (χ1n) is 13.6. The number of aromatic nitrogens is 3. The maximum absolute atomic E-state index is 14.7. The van der Waals surface area contributed by atoms with Crippen LogP contribution in [0.25, 0.3) is 22.2 Å². The van der Waals surface area contributed by atoms with Crippen molar-refractivity contribution in [2.24, 2.45) is 0 Å². The van der Waals surface area contributed by atoms with Crippen LogP contribution in [0.1, 0.15) is 32.0 Å². The van der Waals surface area contributed by atoms with E-state index in [4.69, 9.17) is 18.9 Å². The van der Waals surface area contributed by atoms with Gasteiger partial charge in [-0.3, -0.25) is 0 Å². The number of benzene rings is 1. The summed E-state index contributed by atoms with van der Waals surface area (Å²) in [6, 6.07) is 4.31. The van der Waals surface area contributed by atoms with Crippen LogP contribution in [0.15, 0.2) is 24.4 Å². The molecule has 3 rings (SSSR count). The molecule has 0 aliphatic rings. The number of urea groups is 1. The Morgan fingerprint density at radius 3 is 2.31 bits per heavy atom. The number of esters is 1. The van der Waals surface area contributed by atoms with E-state index in [0.29, 0.717) is 42.7 Å². The molecule has 0 atom stereocenters. The van der Waals surface area contributed by atoms with E-state index in [1.54, 1.807) is 47.0 Å². The van der Waals surface area contributed by atoms with Gasteiger partial charge in [0, 0.05) is 36.4 Å². The van der Waals surface area contributed by atoms with E-state index in [9.17, 15) is 14.0 Å². The molecule has 0 spiro atoms. The molecule has 2 heterocycles. The number of hydrogen-bond donors (Lipinski definition) is 3. The highest BCUT2D eigenvalue weighted by Crippen LogP contribution is 2.32. The molecular weight excluding hydrogens is 547 g/mol. The number of nitrogens with zero attached hydrogens (tertiary/aromatic N) is 3. The van der Waals surface area contributed by atoms with Crippen LogP contribution in [0.2, 0.25) is 0 Å². The second kappa shape index (κ2) is 15.3. The van der Waals surface area contributed by atoms with Crippen LogP contribution < -0.4 is 16.0 Å². The number of hydrogen-bond acceptors (Lipinski definition) is 10. The Labute approximate surface area is 244 Å². The van der Waals surface area contributed by atoms with Crippen molar-refractivity contribution in [3.63, 3.8) is 0 Å². The van der Waals surface area contributed by atoms with Crippen molar-refractivity contribution >= 4 is 34.7 Å². The highest BCUT2D eigenvalue weighted by molar-refractivity contribution is 5.91. The predicted octanol–water partition coefficient (Wildman–Crippen LogP) is 4.00. The summed E-state index contributed by atoms with van der Waals surface area (Å²) in [6.45, 7) is 10.5. The van der Waals surface area contributed by atoms with E-state index in [-0.39, 0.29) is 32.1 Å². The van der Waals surface area contributed by atoms with E-state index in [1.165, 1.54) is 6.07 Å². The molecular formula is C29H39FN6O6. The van der Waals surface area contributed by atoms with Gasteiger partial charge in [-0.25, -0.2) is 23.9 Å². The molecule has 13 heteroatoms. The van der Waals surface area contributed by atoms with Gasteiger partial charge in [-0.15, -0.1) is 0 Å². The molecule has 0 aliphatic carbocycles. The van der Waals surface area contributed by atoms with E-state index < -0.39 is 23.4 Å². The van der Waals surface area contributed by atoms with Crippen LogP contribution in [0.4, 0.5) is 20.8 Å². The number of anilines is 2. The zero-order chi connectivity index (χ0) is 30.7. The summed E-state index contributed by atoms with van der Waals surface area (Å²) >= 11 is 0. The van der Waals surface area contributed by atoms with Crippen LogP contribution in [0.5, 0.6) is 0 Å². The summed E-state index contributed by atoms with van der Waals surface area (Å²) in [5.74, 6) is -0.511. The first kappa shape index (κ1) is 32.6. The standard InChI is InChI=1S/C29H39FN6O6/c1-18-13-23(30)24(15-21(18)22-14-20-16-33-27(31-6)36-26(20)34-19(22)2)35-28(38)32-7-8-39-9-10-40-11-12-41-17-25(37)42-29(3,4)5/h13-16H,7-12,17H2,1-6H3,(H2,32,35,38)(H,31,33,34,36). The van der Waals surface area contributed by atoms with Gasteiger partial charge >= 0.3 is 12.0 Å². The van der Waals surface area contributed by atoms with E-state index in [1.807, 2.05) is 13.0 Å². The molecule has 12 nitrogen and oxygen atoms in total. The normalized spacial score (nSPS) is 11.4. The molecule has 0 saturated heterocycles. The first-order valence-corrected chi connectivity index (χ1v) is 13.6. The van der Waals surface area contributed by atoms with Gasteiger partial charge in [0.25, 0.3) is 0 Å². The van der Waals surface area contributed by atoms with Gasteiger partial charge in [-0.2, -0.15) is 4.98 Å². The summed E-state index contributed by atoms with van der Waals surface area (Å²) in [5, 5.41) is 8.84. The third-order valence-electron chi connectivity index (χ3n) is 5.75. The maximum Gasteiger partial charge on any atom is 0.332 e. The van der Waals surface area contributed by atoms with Gasteiger partial charge in [-0.1, -0.05) is 0 Å². The smallest absolute Gasteiger partial charge is 0.332 e. The lowest BCUT2D eigenvalue weighted by Crippen LogP contribution is -2.32. The summed E-state index contributed by atoms with van der Waals surface area (Å²) in [5.41, 5.74) is 2.96. The van der Waals surface area contributed by atoms with Crippen LogP contribution in [0.3, 0.4) is 0 Å². The molecule has 0 saturated carbocycles. The molecule has 0 unspecified atom stereocenters. The minimum Gasteiger partial charge on any atom is -0.458 e. The molecule has 0 aliphatic heterocycles. The highest BCUT2D eigenvalue weighted by atomic mass is 19.1. The van der Waals surface area contributed by atoms with Crippen LogP contribution in [-0.4, -0.2) is 85.8 Å². The molecule has 228 valence electrons. The predicted molar refractivity (Wildman–Crippen MR) is 157 cm³/mol. The van der Waals surface area contributed by atoms with Crippen molar-refractivity contribution in [2.45, 2.75) is 40.2 Å². The van der Waals surface area contributed by atoms with Crippen molar-refractivity contribution in [3.8, 4) is 11.1 Å². The first-order chi connectivity index (χ1) is 20.0. The zero-order valence-electron chi connectivity index (χ0n) is 24.9. The van der Waals surface area contributed by atoms with Crippen molar-refractivity contribution in [1.82, 2.24) is 20.3 Å². The fraction of sp³-hybridized carbons (Fsp3) is 0.483. The number of halogens is 1. The van der Waals surface area contributed by atoms with Gasteiger partial charge in [0.1, 0.15) is 18.0 Å². The average Bonchev–Trinajstić information content (AvgIpc) is 2.91. The number of pyridine rings is 1. The van der Waals surface area contributed by atoms with Crippen molar-refractivity contribution < 1.29 is 32.9 Å². The van der Waals surface area contributed by atoms with Gasteiger partial charge in [0.05, 0.1) is 38.7 Å². The Morgan fingerprint density at radius 1 is 0.929 bits per heavy atom. The number of amides is 2. The number of nitrogens with one attached hydrogen (secondary N) is 3. The van der Waals surface area contributed by atoms with Gasteiger partial charge in [0.15, 0.2) is 5.65 Å². The monoisotopic (exact) mass is 586 g/mol. The lowest BCUT2D eigenvalue weighted by atomic mass is 9.97. The molecule has 2 aromatic heterocycles. The molecule has 3 aromatic rings. The Hall–Kier alpha value is -3.94. The van der Waals surface area contributed by atoms with Crippen molar-refractivity contribution in [3.05, 3.63) is 41.5 Å². The van der Waals surface area contributed by atoms with Crippen LogP contribution >= 0.6 is 0 Å². The summed E-state index contributed by atoms with van der Waals surface area (Å²) in [6.07, 6.45) is 1.67. The maximum atomic E-state index is 14.7. The molecule has 1 aromatic carbocycles. The van der Waals surface area contributed by atoms with Crippen LogP contribution in [0, 0.1) is 19.7 Å². The van der Waals surface area contributed by atoms with Gasteiger partial charge < -0.3 is 34.9 Å². The molecule has 42 heavy (non-hydrogen) atoms. The topological polar surface area (TPSA) is 146 Å². The molecule has 0 radical (unpaired) electrons. The van der Waals surface area contributed by atoms with E-state index in [2.05, 4.69) is 30.9 Å². The van der Waals surface area contributed by atoms with Gasteiger partial charge in [0.2, 0.25) is 5.95 Å². The van der Waals surface area contributed by atoms with E-state index in [0.717, 1.165) is 16.5 Å². The number of aryl methyl sites for hydroxylation is 2. The molecule has 2 amide bonds. The fourth-order valence-electron chi connectivity index (χ4n) is 3.87. The highest BCUT2D eigenvalue weighted by Gasteiger charge is 2.17. The number of ether oxygens (including phenoxy) is 4. The lowest BCUT2D eigenvalue weighted by molar-refractivity contribution is -0.160.